The fraction of sp³-hybridized carbons (Fsp3) is 0.154. The topological polar surface area (TPSA) is 169 Å². The van der Waals surface area contributed by atoms with Gasteiger partial charge in [0.25, 0.3) is 17.6 Å². The van der Waals surface area contributed by atoms with Gasteiger partial charge in [0, 0.05) is 6.20 Å². The van der Waals surface area contributed by atoms with Crippen LogP contribution < -0.4 is 10.6 Å². The lowest BCUT2D eigenvalue weighted by Gasteiger charge is -2.15. The highest BCUT2D eigenvalue weighted by atomic mass is 35.5. The summed E-state index contributed by atoms with van der Waals surface area (Å²) in [7, 11) is 0. The van der Waals surface area contributed by atoms with Crippen LogP contribution in [-0.4, -0.2) is 46.8 Å². The quantitative estimate of drug-likeness (QED) is 0.264. The molecule has 2 amide bonds. The molecule has 0 unspecified atom stereocenters. The molecular weight excluding hydrogens is 593 g/mol. The van der Waals surface area contributed by atoms with Crippen molar-refractivity contribution in [1.29, 1.82) is 5.26 Å². The zero-order valence-corrected chi connectivity index (χ0v) is 22.7. The summed E-state index contributed by atoms with van der Waals surface area (Å²) in [4.78, 5) is 31.7. The smallest absolute Gasteiger partial charge is 0.455 e. The van der Waals surface area contributed by atoms with Gasteiger partial charge in [0.15, 0.2) is 5.82 Å². The highest BCUT2D eigenvalue weighted by Gasteiger charge is 2.37. The fourth-order valence-corrected chi connectivity index (χ4v) is 4.18. The van der Waals surface area contributed by atoms with Crippen LogP contribution in [0.2, 0.25) is 5.02 Å². The van der Waals surface area contributed by atoms with Crippen molar-refractivity contribution in [3.63, 3.8) is 0 Å². The Kier molecular flexibility index (Phi) is 7.90. The number of anilines is 1. The molecule has 0 spiro atoms. The van der Waals surface area contributed by atoms with Gasteiger partial charge in [-0.05, 0) is 60.2 Å². The van der Waals surface area contributed by atoms with Crippen molar-refractivity contribution >= 4 is 29.1 Å². The summed E-state index contributed by atoms with van der Waals surface area (Å²) in [6.07, 6.45) is -1.94. The minimum Gasteiger partial charge on any atom is -0.467 e. The SMILES string of the molecule is Cc1cc(C#N)cc(C(=O)NCc2ccco2)c1NC(=O)c1cc(Cn2nnc(C(F)(F)F)n2)nn1-c1ncccc1Cl. The second-order valence-corrected chi connectivity index (χ2v) is 9.33. The minimum absolute atomic E-state index is 0.00473. The molecule has 0 fully saturated rings. The van der Waals surface area contributed by atoms with E-state index in [1.54, 1.807) is 25.1 Å². The van der Waals surface area contributed by atoms with Gasteiger partial charge in [0.2, 0.25) is 0 Å². The Morgan fingerprint density at radius 3 is 2.63 bits per heavy atom. The van der Waals surface area contributed by atoms with Gasteiger partial charge in [0.1, 0.15) is 18.0 Å². The third-order valence-electron chi connectivity index (χ3n) is 5.89. The van der Waals surface area contributed by atoms with Crippen LogP contribution in [-0.2, 0) is 19.3 Å². The summed E-state index contributed by atoms with van der Waals surface area (Å²) >= 11 is 6.31. The van der Waals surface area contributed by atoms with Gasteiger partial charge in [-0.2, -0.15) is 28.3 Å². The molecule has 13 nitrogen and oxygen atoms in total. The summed E-state index contributed by atoms with van der Waals surface area (Å²) in [5.41, 5.74) is 0.651. The molecule has 218 valence electrons. The molecule has 4 aromatic heterocycles. The number of tetrazole rings is 1. The number of benzene rings is 1. The van der Waals surface area contributed by atoms with E-state index in [-0.39, 0.29) is 52.1 Å². The Labute approximate surface area is 244 Å². The van der Waals surface area contributed by atoms with E-state index in [4.69, 9.17) is 16.0 Å². The molecule has 0 bridgehead atoms. The van der Waals surface area contributed by atoms with Crippen molar-refractivity contribution in [1.82, 2.24) is 40.3 Å². The monoisotopic (exact) mass is 610 g/mol. The lowest BCUT2D eigenvalue weighted by Crippen LogP contribution is -2.26. The van der Waals surface area contributed by atoms with Crippen molar-refractivity contribution in [2.24, 2.45) is 0 Å². The number of alkyl halides is 3. The Balaban J connectivity index is 1.50. The number of hydrogen-bond acceptors (Lipinski definition) is 9. The summed E-state index contributed by atoms with van der Waals surface area (Å²) in [5.74, 6) is -2.26. The predicted octanol–water partition coefficient (Wildman–Crippen LogP) is 3.93. The summed E-state index contributed by atoms with van der Waals surface area (Å²) in [5, 5.41) is 29.0. The van der Waals surface area contributed by atoms with Gasteiger partial charge in [-0.1, -0.05) is 11.6 Å². The maximum atomic E-state index is 13.7. The van der Waals surface area contributed by atoms with Crippen molar-refractivity contribution < 1.29 is 27.2 Å². The van der Waals surface area contributed by atoms with Crippen LogP contribution in [0.15, 0.2) is 59.3 Å². The molecule has 5 aromatic rings. The average Bonchev–Trinajstić information content (AvgIpc) is 3.74. The number of nitrogens with zero attached hydrogens (tertiary/aromatic N) is 8. The second-order valence-electron chi connectivity index (χ2n) is 8.93. The molecule has 1 aromatic carbocycles. The number of aryl methyl sites for hydroxylation is 1. The van der Waals surface area contributed by atoms with E-state index in [0.29, 0.717) is 16.1 Å². The molecule has 0 saturated heterocycles. The van der Waals surface area contributed by atoms with Gasteiger partial charge >= 0.3 is 6.18 Å². The molecule has 4 heterocycles. The van der Waals surface area contributed by atoms with Crippen LogP contribution in [0.4, 0.5) is 18.9 Å². The average molecular weight is 611 g/mol. The lowest BCUT2D eigenvalue weighted by molar-refractivity contribution is -0.145. The first-order chi connectivity index (χ1) is 20.5. The van der Waals surface area contributed by atoms with Crippen LogP contribution in [0.3, 0.4) is 0 Å². The number of carbonyl (C=O) groups excluding carboxylic acids is 2. The molecular formula is C26H18ClF3N10O3. The highest BCUT2D eigenvalue weighted by Crippen LogP contribution is 2.27. The molecule has 2 N–H and O–H groups in total. The number of nitriles is 1. The van der Waals surface area contributed by atoms with Crippen molar-refractivity contribution in [3.05, 3.63) is 99.6 Å². The number of carbonyl (C=O) groups is 2. The first-order valence-corrected chi connectivity index (χ1v) is 12.6. The third kappa shape index (κ3) is 6.36. The molecule has 0 aliphatic heterocycles. The van der Waals surface area contributed by atoms with Gasteiger partial charge in [-0.25, -0.2) is 9.67 Å². The normalized spacial score (nSPS) is 11.3. The van der Waals surface area contributed by atoms with Gasteiger partial charge in [-0.3, -0.25) is 9.59 Å². The Morgan fingerprint density at radius 1 is 1.14 bits per heavy atom. The number of pyridine rings is 1. The van der Waals surface area contributed by atoms with Crippen molar-refractivity contribution in [3.8, 4) is 11.9 Å². The van der Waals surface area contributed by atoms with Gasteiger partial charge in [0.05, 0.1) is 46.4 Å². The van der Waals surface area contributed by atoms with E-state index in [0.717, 1.165) is 4.68 Å². The molecule has 0 aliphatic carbocycles. The molecule has 17 heteroatoms. The van der Waals surface area contributed by atoms with Crippen molar-refractivity contribution in [2.45, 2.75) is 26.2 Å². The number of halogens is 4. The van der Waals surface area contributed by atoms with Crippen LogP contribution in [0, 0.1) is 18.3 Å². The van der Waals surface area contributed by atoms with E-state index in [1.165, 1.54) is 36.7 Å². The second kappa shape index (κ2) is 11.7. The number of furan rings is 1. The van der Waals surface area contributed by atoms with Crippen LogP contribution in [0.1, 0.15) is 49.3 Å². The van der Waals surface area contributed by atoms with E-state index in [2.05, 4.69) is 36.1 Å². The van der Waals surface area contributed by atoms with Crippen molar-refractivity contribution in [2.75, 3.05) is 5.32 Å². The third-order valence-corrected chi connectivity index (χ3v) is 6.19. The van der Waals surface area contributed by atoms with E-state index in [1.807, 2.05) is 6.07 Å². The molecule has 5 rings (SSSR count). The maximum absolute atomic E-state index is 13.7. The fourth-order valence-electron chi connectivity index (χ4n) is 3.98. The number of amides is 2. The van der Waals surface area contributed by atoms with Gasteiger partial charge < -0.3 is 15.1 Å². The standard InChI is InChI=1S/C26H18ClF3N10O3/c1-14-8-15(11-31)9-18(23(41)33-12-17-4-3-7-43-17)21(14)34-24(42)20-10-16(13-39-37-25(35-38-39)26(28,29)30)36-40(20)22-19(27)5-2-6-32-22/h2-10H,12-13H2,1H3,(H,33,41)(H,34,42). The summed E-state index contributed by atoms with van der Waals surface area (Å²) in [6, 6.07) is 12.5. The van der Waals surface area contributed by atoms with Crippen LogP contribution in [0.25, 0.3) is 5.82 Å². The summed E-state index contributed by atoms with van der Waals surface area (Å²) in [6.45, 7) is 1.28. The largest absolute Gasteiger partial charge is 0.467 e. The van der Waals surface area contributed by atoms with Crippen LogP contribution in [0.5, 0.6) is 0 Å². The molecule has 0 radical (unpaired) electrons. The molecule has 0 saturated carbocycles. The number of aromatic nitrogens is 7. The first-order valence-electron chi connectivity index (χ1n) is 12.2. The zero-order chi connectivity index (χ0) is 30.7. The predicted molar refractivity (Wildman–Crippen MR) is 142 cm³/mol. The van der Waals surface area contributed by atoms with Crippen LogP contribution >= 0.6 is 11.6 Å². The molecule has 43 heavy (non-hydrogen) atoms. The number of hydrogen-bond donors (Lipinski definition) is 2. The Hall–Kier alpha value is -5.56. The van der Waals surface area contributed by atoms with E-state index < -0.39 is 23.8 Å². The Bertz CT molecular complexity index is 1860. The lowest BCUT2D eigenvalue weighted by atomic mass is 10.0. The maximum Gasteiger partial charge on any atom is 0.455 e. The minimum atomic E-state index is -4.80. The molecule has 0 atom stereocenters. The number of nitrogens with one attached hydrogen (secondary N) is 2. The van der Waals surface area contributed by atoms with Gasteiger partial charge in [-0.15, -0.1) is 10.2 Å². The zero-order valence-electron chi connectivity index (χ0n) is 21.9. The van der Waals surface area contributed by atoms with E-state index >= 15 is 0 Å². The Morgan fingerprint density at radius 2 is 1.95 bits per heavy atom. The highest BCUT2D eigenvalue weighted by molar-refractivity contribution is 6.32. The van der Waals surface area contributed by atoms with E-state index in [9.17, 15) is 28.0 Å². The first kappa shape index (κ1) is 29.0. The molecule has 0 aliphatic rings. The summed E-state index contributed by atoms with van der Waals surface area (Å²) < 4.78 is 45.2. The number of rotatable bonds is 8.